The van der Waals surface area contributed by atoms with E-state index in [-0.39, 0.29) is 18.6 Å². The summed E-state index contributed by atoms with van der Waals surface area (Å²) < 4.78 is 5.10. The van der Waals surface area contributed by atoms with Crippen molar-refractivity contribution < 1.29 is 9.32 Å². The van der Waals surface area contributed by atoms with E-state index in [1.807, 2.05) is 31.4 Å². The van der Waals surface area contributed by atoms with Gasteiger partial charge < -0.3 is 15.2 Å². The molecule has 0 spiro atoms. The van der Waals surface area contributed by atoms with Crippen molar-refractivity contribution in [3.8, 4) is 10.8 Å². The van der Waals surface area contributed by atoms with E-state index >= 15 is 0 Å². The molecule has 2 heterocycles. The van der Waals surface area contributed by atoms with E-state index in [9.17, 15) is 4.79 Å². The maximum atomic E-state index is 11.4. The molecule has 2 aromatic heterocycles. The minimum Gasteiger partial charge on any atom is -0.336 e. The number of aromatic nitrogens is 2. The highest BCUT2D eigenvalue weighted by molar-refractivity contribution is 7.13. The Balaban J connectivity index is 1.89. The maximum Gasteiger partial charge on any atom is 0.315 e. The Morgan fingerprint density at radius 1 is 1.56 bits per heavy atom. The van der Waals surface area contributed by atoms with Crippen molar-refractivity contribution in [2.45, 2.75) is 26.4 Å². The zero-order valence-corrected chi connectivity index (χ0v) is 11.0. The average molecular weight is 266 g/mol. The van der Waals surface area contributed by atoms with E-state index < -0.39 is 0 Å². The molecule has 0 aliphatic heterocycles. The van der Waals surface area contributed by atoms with Crippen LogP contribution in [0.4, 0.5) is 4.79 Å². The lowest BCUT2D eigenvalue weighted by molar-refractivity contribution is 0.238. The normalized spacial score (nSPS) is 10.6. The zero-order chi connectivity index (χ0) is 13.0. The highest BCUT2D eigenvalue weighted by atomic mass is 32.1. The maximum absolute atomic E-state index is 11.4. The summed E-state index contributed by atoms with van der Waals surface area (Å²) in [4.78, 5) is 16.5. The topological polar surface area (TPSA) is 80.0 Å². The highest BCUT2D eigenvalue weighted by Gasteiger charge is 2.10. The van der Waals surface area contributed by atoms with Crippen LogP contribution in [0, 0.1) is 0 Å². The van der Waals surface area contributed by atoms with Crippen molar-refractivity contribution in [2.24, 2.45) is 0 Å². The third kappa shape index (κ3) is 3.30. The van der Waals surface area contributed by atoms with Crippen LogP contribution in [0.15, 0.2) is 22.0 Å². The van der Waals surface area contributed by atoms with Gasteiger partial charge in [0.2, 0.25) is 0 Å². The van der Waals surface area contributed by atoms with E-state index in [0.29, 0.717) is 11.7 Å². The molecule has 0 aliphatic carbocycles. The molecule has 0 aliphatic rings. The van der Waals surface area contributed by atoms with Gasteiger partial charge in [-0.25, -0.2) is 4.79 Å². The SMILES string of the molecule is CC(C)NC(=O)NCc1noc(-c2cccs2)n1. The molecule has 0 bridgehead atoms. The van der Waals surface area contributed by atoms with Crippen LogP contribution >= 0.6 is 11.3 Å². The number of amides is 2. The number of thiophene rings is 1. The molecular weight excluding hydrogens is 252 g/mol. The number of rotatable bonds is 4. The third-order valence-electron chi connectivity index (χ3n) is 2.03. The largest absolute Gasteiger partial charge is 0.336 e. The number of urea groups is 1. The van der Waals surface area contributed by atoms with Crippen molar-refractivity contribution in [2.75, 3.05) is 0 Å². The van der Waals surface area contributed by atoms with Crippen LogP contribution in [0.5, 0.6) is 0 Å². The summed E-state index contributed by atoms with van der Waals surface area (Å²) in [5, 5.41) is 11.1. The molecule has 0 saturated carbocycles. The van der Waals surface area contributed by atoms with Crippen LogP contribution in [0.3, 0.4) is 0 Å². The number of hydrogen-bond acceptors (Lipinski definition) is 5. The first-order chi connectivity index (χ1) is 8.65. The summed E-state index contributed by atoms with van der Waals surface area (Å²) in [6.07, 6.45) is 0. The molecule has 0 atom stereocenters. The summed E-state index contributed by atoms with van der Waals surface area (Å²) in [6.45, 7) is 4.03. The second-order valence-electron chi connectivity index (χ2n) is 3.97. The molecule has 96 valence electrons. The zero-order valence-electron chi connectivity index (χ0n) is 10.1. The van der Waals surface area contributed by atoms with Crippen molar-refractivity contribution in [3.05, 3.63) is 23.3 Å². The van der Waals surface area contributed by atoms with Gasteiger partial charge in [-0.2, -0.15) is 4.98 Å². The Morgan fingerprint density at radius 3 is 3.06 bits per heavy atom. The molecule has 6 nitrogen and oxygen atoms in total. The Hall–Kier alpha value is -1.89. The number of hydrogen-bond donors (Lipinski definition) is 2. The van der Waals surface area contributed by atoms with Crippen LogP contribution < -0.4 is 10.6 Å². The van der Waals surface area contributed by atoms with Gasteiger partial charge >= 0.3 is 6.03 Å². The van der Waals surface area contributed by atoms with Crippen LogP contribution in [0.1, 0.15) is 19.7 Å². The fourth-order valence-electron chi connectivity index (χ4n) is 1.30. The van der Waals surface area contributed by atoms with Crippen molar-refractivity contribution >= 4 is 17.4 Å². The minimum atomic E-state index is -0.243. The summed E-state index contributed by atoms with van der Waals surface area (Å²) in [5.41, 5.74) is 0. The van der Waals surface area contributed by atoms with E-state index in [1.165, 1.54) is 11.3 Å². The Morgan fingerprint density at radius 2 is 2.39 bits per heavy atom. The first-order valence-electron chi connectivity index (χ1n) is 5.56. The molecule has 2 aromatic rings. The Kier molecular flexibility index (Phi) is 3.93. The van der Waals surface area contributed by atoms with Gasteiger partial charge in [-0.15, -0.1) is 11.3 Å². The summed E-state index contributed by atoms with van der Waals surface area (Å²) in [7, 11) is 0. The molecule has 2 N–H and O–H groups in total. The van der Waals surface area contributed by atoms with Gasteiger partial charge in [0, 0.05) is 6.04 Å². The number of carbonyl (C=O) groups excluding carboxylic acids is 1. The second kappa shape index (κ2) is 5.63. The van der Waals surface area contributed by atoms with Gasteiger partial charge in [0.25, 0.3) is 5.89 Å². The van der Waals surface area contributed by atoms with Crippen LogP contribution in [-0.2, 0) is 6.54 Å². The van der Waals surface area contributed by atoms with Gasteiger partial charge in [0.1, 0.15) is 0 Å². The molecule has 7 heteroatoms. The van der Waals surface area contributed by atoms with Crippen molar-refractivity contribution in [3.63, 3.8) is 0 Å². The van der Waals surface area contributed by atoms with E-state index in [0.717, 1.165) is 4.88 Å². The molecule has 0 saturated heterocycles. The second-order valence-corrected chi connectivity index (χ2v) is 4.92. The number of nitrogens with zero attached hydrogens (tertiary/aromatic N) is 2. The molecule has 2 rings (SSSR count). The van der Waals surface area contributed by atoms with E-state index in [1.54, 1.807) is 0 Å². The fourth-order valence-corrected chi connectivity index (χ4v) is 1.94. The lowest BCUT2D eigenvalue weighted by atomic mass is 10.4. The molecule has 0 fully saturated rings. The predicted molar refractivity (Wildman–Crippen MR) is 68.1 cm³/mol. The predicted octanol–water partition coefficient (Wildman–Crippen LogP) is 2.01. The minimum absolute atomic E-state index is 0.0944. The van der Waals surface area contributed by atoms with Crippen molar-refractivity contribution in [1.82, 2.24) is 20.8 Å². The monoisotopic (exact) mass is 266 g/mol. The van der Waals surface area contributed by atoms with Crippen LogP contribution in [0.2, 0.25) is 0 Å². The van der Waals surface area contributed by atoms with E-state index in [4.69, 9.17) is 4.52 Å². The first kappa shape index (κ1) is 12.6. The summed E-state index contributed by atoms with van der Waals surface area (Å²) in [6, 6.07) is 3.67. The van der Waals surface area contributed by atoms with Crippen LogP contribution in [-0.4, -0.2) is 22.2 Å². The van der Waals surface area contributed by atoms with E-state index in [2.05, 4.69) is 20.8 Å². The van der Waals surface area contributed by atoms with Crippen molar-refractivity contribution in [1.29, 1.82) is 0 Å². The first-order valence-corrected chi connectivity index (χ1v) is 6.44. The fraction of sp³-hybridized carbons (Fsp3) is 0.364. The van der Waals surface area contributed by atoms with Gasteiger partial charge in [-0.1, -0.05) is 11.2 Å². The Labute approximate surface area is 108 Å². The molecule has 2 amide bonds. The highest BCUT2D eigenvalue weighted by Crippen LogP contribution is 2.22. The molecular formula is C11H14N4O2S. The van der Waals surface area contributed by atoms with Gasteiger partial charge in [0.15, 0.2) is 5.82 Å². The van der Waals surface area contributed by atoms with Gasteiger partial charge in [0.05, 0.1) is 11.4 Å². The molecule has 0 aromatic carbocycles. The lowest BCUT2D eigenvalue weighted by Gasteiger charge is -2.08. The summed E-state index contributed by atoms with van der Waals surface area (Å²) >= 11 is 1.53. The molecule has 0 radical (unpaired) electrons. The van der Waals surface area contributed by atoms with Crippen LogP contribution in [0.25, 0.3) is 10.8 Å². The quantitative estimate of drug-likeness (QED) is 0.887. The number of carbonyl (C=O) groups is 1. The standard InChI is InChI=1S/C11H14N4O2S/c1-7(2)13-11(16)12-6-9-14-10(17-15-9)8-4-3-5-18-8/h3-5,7H,6H2,1-2H3,(H2,12,13,16). The smallest absolute Gasteiger partial charge is 0.315 e. The average Bonchev–Trinajstić information content (AvgIpc) is 2.96. The lowest BCUT2D eigenvalue weighted by Crippen LogP contribution is -2.39. The third-order valence-corrected chi connectivity index (χ3v) is 2.88. The molecule has 18 heavy (non-hydrogen) atoms. The summed E-state index contributed by atoms with van der Waals surface area (Å²) in [5.74, 6) is 0.934. The number of nitrogens with one attached hydrogen (secondary N) is 2. The molecule has 0 unspecified atom stereocenters. The Bertz CT molecular complexity index is 507. The van der Waals surface area contributed by atoms with Gasteiger partial charge in [-0.3, -0.25) is 0 Å². The van der Waals surface area contributed by atoms with Gasteiger partial charge in [-0.05, 0) is 25.3 Å².